The number of nitroso groups, excluding NO2 is 1. The number of nitrogens with zero attached hydrogens (tertiary/aromatic N) is 2. The molecule has 4 heteroatoms. The Morgan fingerprint density at radius 2 is 1.79 bits per heavy atom. The van der Waals surface area contributed by atoms with E-state index in [1.54, 1.807) is 12.4 Å². The van der Waals surface area contributed by atoms with E-state index >= 15 is 0 Å². The third-order valence-electron chi connectivity index (χ3n) is 4.06. The van der Waals surface area contributed by atoms with E-state index in [9.17, 15) is 4.91 Å². The first-order valence-corrected chi connectivity index (χ1v) is 8.21. The molecule has 120 valence electrons. The number of aromatic nitrogens is 1. The SMILES string of the molecule is O=NC(c1cccnc1)c1cccc(Cl)c1CCc1ccccc1. The molecule has 24 heavy (non-hydrogen) atoms. The number of aryl methyl sites for hydroxylation is 1. The first kappa shape index (κ1) is 16.3. The zero-order valence-electron chi connectivity index (χ0n) is 13.1. The van der Waals surface area contributed by atoms with Crippen molar-refractivity contribution in [2.24, 2.45) is 5.18 Å². The number of benzene rings is 2. The number of rotatable bonds is 6. The summed E-state index contributed by atoms with van der Waals surface area (Å²) in [5.41, 5.74) is 3.83. The lowest BCUT2D eigenvalue weighted by Crippen LogP contribution is -2.04. The molecule has 1 heterocycles. The van der Waals surface area contributed by atoms with Gasteiger partial charge in [0.05, 0.1) is 0 Å². The largest absolute Gasteiger partial charge is 0.264 e. The minimum Gasteiger partial charge on any atom is -0.264 e. The van der Waals surface area contributed by atoms with Gasteiger partial charge < -0.3 is 0 Å². The lowest BCUT2D eigenvalue weighted by Gasteiger charge is -2.16. The monoisotopic (exact) mass is 336 g/mol. The van der Waals surface area contributed by atoms with Crippen molar-refractivity contribution in [3.05, 3.63) is 105 Å². The summed E-state index contributed by atoms with van der Waals surface area (Å²) in [6.07, 6.45) is 4.97. The molecular formula is C20H17ClN2O. The van der Waals surface area contributed by atoms with Crippen LogP contribution in [0.1, 0.15) is 28.3 Å². The third kappa shape index (κ3) is 3.69. The van der Waals surface area contributed by atoms with Crippen LogP contribution < -0.4 is 0 Å². The summed E-state index contributed by atoms with van der Waals surface area (Å²) >= 11 is 6.42. The second-order valence-electron chi connectivity index (χ2n) is 5.59. The van der Waals surface area contributed by atoms with Crippen LogP contribution in [-0.4, -0.2) is 4.98 Å². The number of hydrogen-bond donors (Lipinski definition) is 0. The number of hydrogen-bond acceptors (Lipinski definition) is 3. The van der Waals surface area contributed by atoms with Crippen LogP contribution in [0.15, 0.2) is 78.2 Å². The summed E-state index contributed by atoms with van der Waals surface area (Å²) in [5.74, 6) is 0. The van der Waals surface area contributed by atoms with Crippen molar-refractivity contribution in [1.82, 2.24) is 4.98 Å². The molecule has 0 bridgehead atoms. The molecule has 0 amide bonds. The normalized spacial score (nSPS) is 11.9. The number of halogens is 1. The third-order valence-corrected chi connectivity index (χ3v) is 4.42. The molecule has 0 aliphatic rings. The van der Waals surface area contributed by atoms with Gasteiger partial charge in [-0.3, -0.25) is 4.98 Å². The fourth-order valence-electron chi connectivity index (χ4n) is 2.84. The van der Waals surface area contributed by atoms with Crippen LogP contribution in [0.2, 0.25) is 5.02 Å². The van der Waals surface area contributed by atoms with E-state index in [1.165, 1.54) is 5.56 Å². The van der Waals surface area contributed by atoms with Gasteiger partial charge in [0.1, 0.15) is 6.04 Å². The Hall–Kier alpha value is -2.52. The molecular weight excluding hydrogens is 320 g/mol. The maximum absolute atomic E-state index is 11.5. The summed E-state index contributed by atoms with van der Waals surface area (Å²) in [6.45, 7) is 0. The van der Waals surface area contributed by atoms with Gasteiger partial charge in [0.2, 0.25) is 0 Å². The van der Waals surface area contributed by atoms with Crippen LogP contribution in [0.4, 0.5) is 0 Å². The first-order chi connectivity index (χ1) is 11.8. The van der Waals surface area contributed by atoms with Gasteiger partial charge in [-0.1, -0.05) is 65.3 Å². The lowest BCUT2D eigenvalue weighted by atomic mass is 9.92. The van der Waals surface area contributed by atoms with Crippen molar-refractivity contribution in [2.75, 3.05) is 0 Å². The molecule has 0 saturated heterocycles. The average Bonchev–Trinajstić information content (AvgIpc) is 2.63. The van der Waals surface area contributed by atoms with Gasteiger partial charge in [0.25, 0.3) is 0 Å². The molecule has 0 saturated carbocycles. The van der Waals surface area contributed by atoms with Gasteiger partial charge in [-0.25, -0.2) is 0 Å². The standard InChI is InChI=1S/C20H17ClN2O/c21-19-10-4-9-18(20(23-24)16-8-5-13-22-14-16)17(19)12-11-15-6-2-1-3-7-15/h1-10,13-14,20H,11-12H2. The molecule has 3 aromatic rings. The van der Waals surface area contributed by atoms with Crippen LogP contribution in [0.5, 0.6) is 0 Å². The summed E-state index contributed by atoms with van der Waals surface area (Å²) in [5, 5.41) is 4.00. The fraction of sp³-hybridized carbons (Fsp3) is 0.150. The topological polar surface area (TPSA) is 42.3 Å². The van der Waals surface area contributed by atoms with Crippen LogP contribution in [0, 0.1) is 4.91 Å². The van der Waals surface area contributed by atoms with Gasteiger partial charge >= 0.3 is 0 Å². The van der Waals surface area contributed by atoms with E-state index in [0.29, 0.717) is 5.02 Å². The second kappa shape index (κ2) is 7.84. The maximum atomic E-state index is 11.5. The van der Waals surface area contributed by atoms with E-state index in [1.807, 2.05) is 48.5 Å². The van der Waals surface area contributed by atoms with E-state index < -0.39 is 6.04 Å². The highest BCUT2D eigenvalue weighted by Crippen LogP contribution is 2.32. The van der Waals surface area contributed by atoms with E-state index in [4.69, 9.17) is 11.6 Å². The molecule has 3 rings (SSSR count). The lowest BCUT2D eigenvalue weighted by molar-refractivity contribution is 0.823. The second-order valence-corrected chi connectivity index (χ2v) is 5.99. The number of pyridine rings is 1. The highest BCUT2D eigenvalue weighted by molar-refractivity contribution is 6.31. The Kier molecular flexibility index (Phi) is 5.34. The zero-order chi connectivity index (χ0) is 16.8. The van der Waals surface area contributed by atoms with Gasteiger partial charge in [-0.15, -0.1) is 4.91 Å². The summed E-state index contributed by atoms with van der Waals surface area (Å²) < 4.78 is 0. The molecule has 0 N–H and O–H groups in total. The quantitative estimate of drug-likeness (QED) is 0.567. The maximum Gasteiger partial charge on any atom is 0.144 e. The molecule has 3 nitrogen and oxygen atoms in total. The molecule has 2 aromatic carbocycles. The van der Waals surface area contributed by atoms with Crippen LogP contribution in [0.25, 0.3) is 0 Å². The van der Waals surface area contributed by atoms with Crippen molar-refractivity contribution >= 4 is 11.6 Å². The Bertz CT molecular complexity index is 806. The fourth-order valence-corrected chi connectivity index (χ4v) is 3.12. The Morgan fingerprint density at radius 1 is 0.958 bits per heavy atom. The van der Waals surface area contributed by atoms with E-state index in [2.05, 4.69) is 22.3 Å². The Morgan fingerprint density at radius 3 is 2.50 bits per heavy atom. The van der Waals surface area contributed by atoms with Crippen molar-refractivity contribution < 1.29 is 0 Å². The Balaban J connectivity index is 1.93. The van der Waals surface area contributed by atoms with Crippen molar-refractivity contribution in [1.29, 1.82) is 0 Å². The molecule has 0 spiro atoms. The molecule has 0 fully saturated rings. The predicted molar refractivity (Wildman–Crippen MR) is 97.2 cm³/mol. The van der Waals surface area contributed by atoms with Gasteiger partial charge in [0, 0.05) is 23.0 Å². The minimum absolute atomic E-state index is 0.594. The van der Waals surface area contributed by atoms with Crippen LogP contribution in [-0.2, 0) is 12.8 Å². The minimum atomic E-state index is -0.594. The van der Waals surface area contributed by atoms with Crippen LogP contribution in [0.3, 0.4) is 0 Å². The van der Waals surface area contributed by atoms with Gasteiger partial charge in [-0.2, -0.15) is 0 Å². The summed E-state index contributed by atoms with van der Waals surface area (Å²) in [4.78, 5) is 15.6. The predicted octanol–water partition coefficient (Wildman–Crippen LogP) is 5.38. The summed E-state index contributed by atoms with van der Waals surface area (Å²) in [6, 6.07) is 18.9. The van der Waals surface area contributed by atoms with Crippen LogP contribution >= 0.6 is 11.6 Å². The van der Waals surface area contributed by atoms with Gasteiger partial charge in [0.15, 0.2) is 0 Å². The van der Waals surface area contributed by atoms with Crippen molar-refractivity contribution in [3.8, 4) is 0 Å². The molecule has 0 aliphatic heterocycles. The summed E-state index contributed by atoms with van der Waals surface area (Å²) in [7, 11) is 0. The van der Waals surface area contributed by atoms with E-state index in [-0.39, 0.29) is 0 Å². The Labute approximate surface area is 146 Å². The van der Waals surface area contributed by atoms with E-state index in [0.717, 1.165) is 29.5 Å². The van der Waals surface area contributed by atoms with Crippen molar-refractivity contribution in [3.63, 3.8) is 0 Å². The first-order valence-electron chi connectivity index (χ1n) is 7.83. The smallest absolute Gasteiger partial charge is 0.144 e. The molecule has 0 aliphatic carbocycles. The molecule has 1 aromatic heterocycles. The average molecular weight is 337 g/mol. The highest BCUT2D eigenvalue weighted by atomic mass is 35.5. The molecule has 0 radical (unpaired) electrons. The highest BCUT2D eigenvalue weighted by Gasteiger charge is 2.20. The molecule has 1 atom stereocenters. The van der Waals surface area contributed by atoms with Gasteiger partial charge in [-0.05, 0) is 41.7 Å². The zero-order valence-corrected chi connectivity index (χ0v) is 13.9. The van der Waals surface area contributed by atoms with Crippen molar-refractivity contribution in [2.45, 2.75) is 18.9 Å². The molecule has 1 unspecified atom stereocenters.